The molecule has 0 amide bonds. The van der Waals surface area contributed by atoms with Gasteiger partial charge in [-0.15, -0.1) is 0 Å². The topological polar surface area (TPSA) is 79.4 Å². The van der Waals surface area contributed by atoms with E-state index in [0.29, 0.717) is 37.0 Å². The summed E-state index contributed by atoms with van der Waals surface area (Å²) in [7, 11) is 1.61. The van der Waals surface area contributed by atoms with Crippen LogP contribution < -0.4 is 4.90 Å². The van der Waals surface area contributed by atoms with E-state index in [2.05, 4.69) is 22.0 Å². The molecule has 0 atom stereocenters. The number of methoxy groups -OCH3 is 1. The molecule has 0 spiro atoms. The maximum atomic E-state index is 10.9. The van der Waals surface area contributed by atoms with Gasteiger partial charge in [-0.3, -0.25) is 10.1 Å². The first-order chi connectivity index (χ1) is 9.63. The van der Waals surface area contributed by atoms with Gasteiger partial charge in [-0.05, 0) is 12.1 Å². The molecule has 0 N–H and O–H groups in total. The monoisotopic (exact) mass is 341 g/mol. The molecule has 0 aliphatic rings. The Morgan fingerprint density at radius 3 is 2.80 bits per heavy atom. The quantitative estimate of drug-likeness (QED) is 0.412. The van der Waals surface area contributed by atoms with Gasteiger partial charge < -0.3 is 9.64 Å². The van der Waals surface area contributed by atoms with E-state index in [1.165, 1.54) is 6.07 Å². The average molecular weight is 342 g/mol. The highest BCUT2D eigenvalue weighted by atomic mass is 79.9. The number of halogens is 1. The molecule has 0 bridgehead atoms. The molecule has 1 aromatic carbocycles. The lowest BCUT2D eigenvalue weighted by atomic mass is 10.1. The molecule has 0 aliphatic heterocycles. The van der Waals surface area contributed by atoms with Crippen LogP contribution in [0.5, 0.6) is 0 Å². The van der Waals surface area contributed by atoms with Crippen LogP contribution in [-0.4, -0.2) is 31.7 Å². The highest BCUT2D eigenvalue weighted by Crippen LogP contribution is 2.27. The largest absolute Gasteiger partial charge is 0.383 e. The van der Waals surface area contributed by atoms with Crippen molar-refractivity contribution in [2.75, 3.05) is 31.7 Å². The van der Waals surface area contributed by atoms with Gasteiger partial charge in [0.1, 0.15) is 0 Å². The summed E-state index contributed by atoms with van der Waals surface area (Å²) >= 11 is 3.27. The van der Waals surface area contributed by atoms with Gasteiger partial charge in [0.2, 0.25) is 0 Å². The van der Waals surface area contributed by atoms with Crippen LogP contribution in [0, 0.1) is 21.4 Å². The fraction of sp³-hybridized carbons (Fsp3) is 0.462. The fourth-order valence-electron chi connectivity index (χ4n) is 1.81. The van der Waals surface area contributed by atoms with Gasteiger partial charge >= 0.3 is 0 Å². The number of alkyl halides is 1. The second-order valence-corrected chi connectivity index (χ2v) is 4.65. The third-order valence-electron chi connectivity index (χ3n) is 2.83. The smallest absolute Gasteiger partial charge is 0.273 e. The van der Waals surface area contributed by atoms with Crippen molar-refractivity contribution in [1.29, 1.82) is 5.26 Å². The Hall–Kier alpha value is -1.65. The van der Waals surface area contributed by atoms with Crippen molar-refractivity contribution in [1.82, 2.24) is 0 Å². The van der Waals surface area contributed by atoms with Gasteiger partial charge in [-0.2, -0.15) is 5.26 Å². The first-order valence-corrected chi connectivity index (χ1v) is 7.20. The SMILES string of the molecule is COCCN(CCC#N)c1ccc([N+](=O)[O-])c(CBr)c1. The summed E-state index contributed by atoms with van der Waals surface area (Å²) < 4.78 is 5.05. The molecule has 0 radical (unpaired) electrons. The minimum absolute atomic E-state index is 0.0950. The van der Waals surface area contributed by atoms with Gasteiger partial charge in [-0.1, -0.05) is 15.9 Å². The highest BCUT2D eigenvalue weighted by Gasteiger charge is 2.15. The summed E-state index contributed by atoms with van der Waals surface area (Å²) in [6.07, 6.45) is 0.393. The summed E-state index contributed by atoms with van der Waals surface area (Å²) in [6.45, 7) is 1.74. The number of nitriles is 1. The average Bonchev–Trinajstić information content (AvgIpc) is 2.46. The summed E-state index contributed by atoms with van der Waals surface area (Å²) in [5.41, 5.74) is 1.57. The summed E-state index contributed by atoms with van der Waals surface area (Å²) in [4.78, 5) is 12.5. The Labute approximate surface area is 126 Å². The van der Waals surface area contributed by atoms with E-state index in [-0.39, 0.29) is 5.69 Å². The van der Waals surface area contributed by atoms with E-state index < -0.39 is 4.92 Å². The minimum atomic E-state index is -0.394. The second kappa shape index (κ2) is 8.51. The zero-order valence-electron chi connectivity index (χ0n) is 11.2. The highest BCUT2D eigenvalue weighted by molar-refractivity contribution is 9.08. The molecule has 7 heteroatoms. The number of hydrogen-bond donors (Lipinski definition) is 0. The molecule has 108 valence electrons. The van der Waals surface area contributed by atoms with Crippen LogP contribution in [0.4, 0.5) is 11.4 Å². The predicted molar refractivity (Wildman–Crippen MR) is 80.0 cm³/mol. The minimum Gasteiger partial charge on any atom is -0.383 e. The van der Waals surface area contributed by atoms with Crippen molar-refractivity contribution in [2.45, 2.75) is 11.8 Å². The van der Waals surface area contributed by atoms with E-state index in [1.54, 1.807) is 19.2 Å². The Bertz CT molecular complexity index is 502. The molecule has 0 aromatic heterocycles. The number of nitrogens with zero attached hydrogens (tertiary/aromatic N) is 3. The Morgan fingerprint density at radius 2 is 2.25 bits per heavy atom. The van der Waals surface area contributed by atoms with E-state index >= 15 is 0 Å². The summed E-state index contributed by atoms with van der Waals surface area (Å²) in [5, 5.41) is 20.0. The Morgan fingerprint density at radius 1 is 1.50 bits per heavy atom. The number of nitro benzene ring substituents is 1. The summed E-state index contributed by atoms with van der Waals surface area (Å²) in [6, 6.07) is 7.08. The maximum absolute atomic E-state index is 10.9. The van der Waals surface area contributed by atoms with E-state index in [9.17, 15) is 10.1 Å². The normalized spacial score (nSPS) is 10.1. The lowest BCUT2D eigenvalue weighted by molar-refractivity contribution is -0.385. The molecule has 0 aliphatic carbocycles. The van der Waals surface area contributed by atoms with Crippen molar-refractivity contribution < 1.29 is 9.66 Å². The van der Waals surface area contributed by atoms with Crippen LogP contribution in [0.1, 0.15) is 12.0 Å². The molecule has 0 unspecified atom stereocenters. The van der Waals surface area contributed by atoms with Crippen LogP contribution >= 0.6 is 15.9 Å². The van der Waals surface area contributed by atoms with Crippen LogP contribution in [0.3, 0.4) is 0 Å². The number of hydrogen-bond acceptors (Lipinski definition) is 5. The van der Waals surface area contributed by atoms with Crippen LogP contribution in [0.2, 0.25) is 0 Å². The van der Waals surface area contributed by atoms with Gasteiger partial charge in [0, 0.05) is 42.8 Å². The molecule has 6 nitrogen and oxygen atoms in total. The number of anilines is 1. The van der Waals surface area contributed by atoms with E-state index in [4.69, 9.17) is 10.00 Å². The second-order valence-electron chi connectivity index (χ2n) is 4.09. The Kier molecular flexibility index (Phi) is 6.98. The zero-order valence-corrected chi connectivity index (χ0v) is 12.8. The lowest BCUT2D eigenvalue weighted by Crippen LogP contribution is -2.28. The van der Waals surface area contributed by atoms with E-state index in [1.807, 2.05) is 4.90 Å². The third kappa shape index (κ3) is 4.47. The zero-order chi connectivity index (χ0) is 15.0. The molecule has 0 saturated heterocycles. The van der Waals surface area contributed by atoms with Gasteiger partial charge in [0.15, 0.2) is 0 Å². The molecular formula is C13H16BrN3O3. The van der Waals surface area contributed by atoms with Crippen molar-refractivity contribution in [2.24, 2.45) is 0 Å². The molecule has 1 aromatic rings. The molecule has 0 saturated carbocycles. The number of rotatable bonds is 8. The van der Waals surface area contributed by atoms with Gasteiger partial charge in [-0.25, -0.2) is 0 Å². The number of ether oxygens (including phenoxy) is 1. The number of nitro groups is 1. The van der Waals surface area contributed by atoms with Crippen molar-refractivity contribution in [3.05, 3.63) is 33.9 Å². The standard InChI is InChI=1S/C13H16BrN3O3/c1-20-8-7-16(6-2-5-15)12-3-4-13(17(18)19)11(9-12)10-14/h3-4,9H,2,6-8,10H2,1H3. The first-order valence-electron chi connectivity index (χ1n) is 6.08. The lowest BCUT2D eigenvalue weighted by Gasteiger charge is -2.23. The Balaban J connectivity index is 3.00. The van der Waals surface area contributed by atoms with E-state index in [0.717, 1.165) is 5.69 Å². The fourth-order valence-corrected chi connectivity index (χ4v) is 2.26. The molecule has 0 fully saturated rings. The van der Waals surface area contributed by atoms with Crippen molar-refractivity contribution in [3.63, 3.8) is 0 Å². The third-order valence-corrected chi connectivity index (χ3v) is 3.43. The van der Waals surface area contributed by atoms with Crippen LogP contribution in [-0.2, 0) is 10.1 Å². The van der Waals surface area contributed by atoms with Crippen LogP contribution in [0.15, 0.2) is 18.2 Å². The van der Waals surface area contributed by atoms with Gasteiger partial charge in [0.05, 0.1) is 24.0 Å². The van der Waals surface area contributed by atoms with Crippen molar-refractivity contribution in [3.8, 4) is 6.07 Å². The maximum Gasteiger partial charge on any atom is 0.273 e. The van der Waals surface area contributed by atoms with Crippen molar-refractivity contribution >= 4 is 27.3 Å². The molecule has 20 heavy (non-hydrogen) atoms. The molecular weight excluding hydrogens is 326 g/mol. The van der Waals surface area contributed by atoms with Crippen LogP contribution in [0.25, 0.3) is 0 Å². The molecule has 1 rings (SSSR count). The number of benzene rings is 1. The van der Waals surface area contributed by atoms with Gasteiger partial charge in [0.25, 0.3) is 5.69 Å². The predicted octanol–water partition coefficient (Wildman–Crippen LogP) is 2.86. The first kappa shape index (κ1) is 16.4. The summed E-state index contributed by atoms with van der Waals surface area (Å²) in [5.74, 6) is 0. The molecule has 0 heterocycles.